The summed E-state index contributed by atoms with van der Waals surface area (Å²) in [5.41, 5.74) is 3.87. The van der Waals surface area contributed by atoms with Crippen molar-refractivity contribution in [3.05, 3.63) is 66.7 Å². The van der Waals surface area contributed by atoms with E-state index < -0.39 is 0 Å². The summed E-state index contributed by atoms with van der Waals surface area (Å²) in [7, 11) is 0. The van der Waals surface area contributed by atoms with E-state index >= 15 is 0 Å². The number of nitrogens with zero attached hydrogens (tertiary/aromatic N) is 2. The van der Waals surface area contributed by atoms with Crippen LogP contribution in [0.15, 0.2) is 61.1 Å². The summed E-state index contributed by atoms with van der Waals surface area (Å²) in [6.07, 6.45) is 8.71. The van der Waals surface area contributed by atoms with E-state index in [0.29, 0.717) is 12.4 Å². The summed E-state index contributed by atoms with van der Waals surface area (Å²) in [5, 5.41) is 3.12. The number of hydrogen-bond donors (Lipinski definition) is 1. The fourth-order valence-corrected chi connectivity index (χ4v) is 2.18. The highest BCUT2D eigenvalue weighted by atomic mass is 16.1. The summed E-state index contributed by atoms with van der Waals surface area (Å²) in [6.45, 7) is 7.41. The second-order valence-corrected chi connectivity index (χ2v) is 5.27. The molecule has 0 radical (unpaired) electrons. The van der Waals surface area contributed by atoms with Crippen molar-refractivity contribution < 1.29 is 4.79 Å². The van der Waals surface area contributed by atoms with Gasteiger partial charge in [0.05, 0.1) is 0 Å². The number of Topliss-reactive ketones (excluding diaryl/α,β-unsaturated/α-hetero) is 1. The number of benzene rings is 1. The zero-order chi connectivity index (χ0) is 16.7. The lowest BCUT2D eigenvalue weighted by atomic mass is 10.0. The van der Waals surface area contributed by atoms with Gasteiger partial charge in [-0.05, 0) is 30.5 Å². The molecule has 0 amide bonds. The summed E-state index contributed by atoms with van der Waals surface area (Å²) in [6, 6.07) is 7.89. The van der Waals surface area contributed by atoms with Crippen LogP contribution in [0.2, 0.25) is 0 Å². The smallest absolute Gasteiger partial charge is 0.227 e. The predicted molar refractivity (Wildman–Crippen MR) is 94.0 cm³/mol. The van der Waals surface area contributed by atoms with Crippen LogP contribution >= 0.6 is 0 Å². The Labute approximate surface area is 137 Å². The number of rotatable bonds is 7. The van der Waals surface area contributed by atoms with Crippen molar-refractivity contribution >= 4 is 11.7 Å². The third-order valence-corrected chi connectivity index (χ3v) is 3.29. The molecule has 0 fully saturated rings. The molecule has 0 saturated carbocycles. The van der Waals surface area contributed by atoms with Gasteiger partial charge in [0, 0.05) is 30.1 Å². The van der Waals surface area contributed by atoms with Crippen LogP contribution in [0.1, 0.15) is 25.8 Å². The van der Waals surface area contributed by atoms with E-state index in [1.807, 2.05) is 30.3 Å². The van der Waals surface area contributed by atoms with E-state index in [-0.39, 0.29) is 5.78 Å². The van der Waals surface area contributed by atoms with Crippen LogP contribution < -0.4 is 5.32 Å². The fourth-order valence-electron chi connectivity index (χ4n) is 2.18. The Morgan fingerprint density at radius 1 is 1.17 bits per heavy atom. The van der Waals surface area contributed by atoms with E-state index in [9.17, 15) is 4.79 Å². The van der Waals surface area contributed by atoms with Crippen molar-refractivity contribution in [2.45, 2.75) is 26.7 Å². The lowest BCUT2D eigenvalue weighted by molar-refractivity contribution is -0.116. The SMILES string of the molecule is C=C/C(=C\CC)Nc1ncc(-c2ccc(CC(C)=O)cc2)cn1. The highest BCUT2D eigenvalue weighted by Gasteiger charge is 2.03. The lowest BCUT2D eigenvalue weighted by Crippen LogP contribution is -2.01. The molecule has 0 unspecified atom stereocenters. The summed E-state index contributed by atoms with van der Waals surface area (Å²) < 4.78 is 0. The van der Waals surface area contributed by atoms with Gasteiger partial charge in [0.2, 0.25) is 5.95 Å². The first-order valence-corrected chi connectivity index (χ1v) is 7.62. The molecule has 1 N–H and O–H groups in total. The quantitative estimate of drug-likeness (QED) is 0.780. The Balaban J connectivity index is 2.11. The molecule has 4 nitrogen and oxygen atoms in total. The minimum absolute atomic E-state index is 0.162. The maximum absolute atomic E-state index is 11.1. The average molecular weight is 307 g/mol. The van der Waals surface area contributed by atoms with Crippen LogP contribution in [-0.2, 0) is 11.2 Å². The maximum Gasteiger partial charge on any atom is 0.227 e. The lowest BCUT2D eigenvalue weighted by Gasteiger charge is -2.07. The number of aromatic nitrogens is 2. The molecule has 0 aliphatic rings. The van der Waals surface area contributed by atoms with Crippen molar-refractivity contribution in [2.75, 3.05) is 5.32 Å². The van der Waals surface area contributed by atoms with Gasteiger partial charge in [-0.2, -0.15) is 0 Å². The van der Waals surface area contributed by atoms with Gasteiger partial charge in [0.1, 0.15) is 5.78 Å². The van der Waals surface area contributed by atoms with Crippen molar-refractivity contribution in [3.63, 3.8) is 0 Å². The maximum atomic E-state index is 11.1. The van der Waals surface area contributed by atoms with Crippen LogP contribution in [0.4, 0.5) is 5.95 Å². The van der Waals surface area contributed by atoms with Crippen molar-refractivity contribution in [1.29, 1.82) is 0 Å². The third-order valence-electron chi connectivity index (χ3n) is 3.29. The summed E-state index contributed by atoms with van der Waals surface area (Å²) in [4.78, 5) is 19.8. The van der Waals surface area contributed by atoms with Crippen LogP contribution in [0, 0.1) is 0 Å². The van der Waals surface area contributed by atoms with Gasteiger partial charge in [0.25, 0.3) is 0 Å². The molecular formula is C19H21N3O. The van der Waals surface area contributed by atoms with Gasteiger partial charge in [-0.25, -0.2) is 9.97 Å². The summed E-state index contributed by atoms with van der Waals surface area (Å²) in [5.74, 6) is 0.705. The number of hydrogen-bond acceptors (Lipinski definition) is 4. The second kappa shape index (κ2) is 8.03. The number of nitrogens with one attached hydrogen (secondary N) is 1. The van der Waals surface area contributed by atoms with E-state index in [4.69, 9.17) is 0 Å². The Morgan fingerprint density at radius 3 is 2.35 bits per heavy atom. The van der Waals surface area contributed by atoms with Gasteiger partial charge in [-0.3, -0.25) is 4.79 Å². The number of anilines is 1. The molecule has 1 aromatic carbocycles. The predicted octanol–water partition coefficient (Wildman–Crippen LogP) is 4.17. The molecule has 118 valence electrons. The molecule has 0 saturated heterocycles. The molecule has 4 heteroatoms. The molecule has 0 bridgehead atoms. The van der Waals surface area contributed by atoms with E-state index in [1.165, 1.54) is 0 Å². The Morgan fingerprint density at radius 2 is 1.83 bits per heavy atom. The van der Waals surface area contributed by atoms with Crippen molar-refractivity contribution in [3.8, 4) is 11.1 Å². The molecule has 0 aliphatic heterocycles. The number of carbonyl (C=O) groups is 1. The van der Waals surface area contributed by atoms with Gasteiger partial charge in [0.15, 0.2) is 0 Å². The summed E-state index contributed by atoms with van der Waals surface area (Å²) >= 11 is 0. The topological polar surface area (TPSA) is 54.9 Å². The molecular weight excluding hydrogens is 286 g/mol. The molecule has 0 spiro atoms. The van der Waals surface area contributed by atoms with E-state index in [2.05, 4.69) is 28.8 Å². The Hall–Kier alpha value is -2.75. The van der Waals surface area contributed by atoms with Gasteiger partial charge >= 0.3 is 0 Å². The zero-order valence-electron chi connectivity index (χ0n) is 13.5. The molecule has 23 heavy (non-hydrogen) atoms. The highest BCUT2D eigenvalue weighted by molar-refractivity contribution is 5.78. The Bertz CT molecular complexity index is 700. The minimum atomic E-state index is 0.162. The van der Waals surface area contributed by atoms with Crippen LogP contribution in [0.3, 0.4) is 0 Å². The second-order valence-electron chi connectivity index (χ2n) is 5.27. The number of carbonyl (C=O) groups excluding carboxylic acids is 1. The van der Waals surface area contributed by atoms with Gasteiger partial charge < -0.3 is 5.32 Å². The number of allylic oxidation sites excluding steroid dienone is 2. The largest absolute Gasteiger partial charge is 0.325 e. The standard InChI is InChI=1S/C19H21N3O/c1-4-6-18(5-2)22-19-20-12-17(13-21-19)16-9-7-15(8-10-16)11-14(3)23/h5-10,12-13H,2,4,11H2,1,3H3,(H,20,21,22)/b18-6+. The van der Waals surface area contributed by atoms with Gasteiger partial charge in [-0.15, -0.1) is 0 Å². The Kier molecular flexibility index (Phi) is 5.80. The van der Waals surface area contributed by atoms with Crippen molar-refractivity contribution in [2.24, 2.45) is 0 Å². The monoisotopic (exact) mass is 307 g/mol. The first kappa shape index (κ1) is 16.6. The molecule has 2 aromatic rings. The molecule has 1 aromatic heterocycles. The molecule has 0 aliphatic carbocycles. The fraction of sp³-hybridized carbons (Fsp3) is 0.211. The molecule has 1 heterocycles. The number of ketones is 1. The van der Waals surface area contributed by atoms with E-state index in [1.54, 1.807) is 25.4 Å². The zero-order valence-corrected chi connectivity index (χ0v) is 13.5. The molecule has 2 rings (SSSR count). The van der Waals surface area contributed by atoms with Crippen molar-refractivity contribution in [1.82, 2.24) is 9.97 Å². The first-order valence-electron chi connectivity index (χ1n) is 7.62. The third kappa shape index (κ3) is 4.88. The first-order chi connectivity index (χ1) is 11.1. The van der Waals surface area contributed by atoms with Crippen LogP contribution in [-0.4, -0.2) is 15.8 Å². The van der Waals surface area contributed by atoms with E-state index in [0.717, 1.165) is 28.8 Å². The molecule has 0 atom stereocenters. The normalized spacial score (nSPS) is 11.1. The van der Waals surface area contributed by atoms with Gasteiger partial charge in [-0.1, -0.05) is 43.8 Å². The highest BCUT2D eigenvalue weighted by Crippen LogP contribution is 2.19. The average Bonchev–Trinajstić information content (AvgIpc) is 2.55. The minimum Gasteiger partial charge on any atom is -0.325 e. The van der Waals surface area contributed by atoms with Crippen LogP contribution in [0.25, 0.3) is 11.1 Å². The van der Waals surface area contributed by atoms with Crippen LogP contribution in [0.5, 0.6) is 0 Å².